The number of fused-ring (bicyclic) bond motifs is 1. The Morgan fingerprint density at radius 3 is 2.35 bits per heavy atom. The smallest absolute Gasteiger partial charge is 0.331 e. The number of hydrogen-bond donors (Lipinski definition) is 3. The molecule has 1 heterocycles. The minimum atomic E-state index is -3.74. The Balaban J connectivity index is 1.54. The SMILES string of the molecule is Cc1cccc(C)c1NC(=O)CNC(=O)C(C)OC(=O)C(C)N=C1NS(=O)(=O)c2ccccc21. The third kappa shape index (κ3) is 5.60. The summed E-state index contributed by atoms with van der Waals surface area (Å²) in [6, 6.07) is 10.8. The third-order valence-electron chi connectivity index (χ3n) is 5.16. The highest BCUT2D eigenvalue weighted by molar-refractivity contribution is 7.90. The van der Waals surface area contributed by atoms with Crippen LogP contribution in [0.15, 0.2) is 52.4 Å². The molecule has 0 aliphatic carbocycles. The van der Waals surface area contributed by atoms with Crippen LogP contribution < -0.4 is 15.4 Å². The van der Waals surface area contributed by atoms with Gasteiger partial charge in [0.15, 0.2) is 6.10 Å². The minimum Gasteiger partial charge on any atom is -0.451 e. The molecule has 2 atom stereocenters. The number of esters is 1. The first-order valence-electron chi connectivity index (χ1n) is 10.5. The molecule has 0 spiro atoms. The van der Waals surface area contributed by atoms with Gasteiger partial charge < -0.3 is 15.4 Å². The van der Waals surface area contributed by atoms with E-state index >= 15 is 0 Å². The van der Waals surface area contributed by atoms with Gasteiger partial charge >= 0.3 is 5.97 Å². The second-order valence-electron chi connectivity index (χ2n) is 7.87. The molecule has 0 saturated heterocycles. The van der Waals surface area contributed by atoms with Crippen molar-refractivity contribution in [3.63, 3.8) is 0 Å². The van der Waals surface area contributed by atoms with Gasteiger partial charge in [0, 0.05) is 11.3 Å². The minimum absolute atomic E-state index is 0.0281. The van der Waals surface area contributed by atoms with Crippen LogP contribution in [-0.4, -0.2) is 50.7 Å². The topological polar surface area (TPSA) is 143 Å². The number of rotatable bonds is 7. The van der Waals surface area contributed by atoms with E-state index < -0.39 is 40.0 Å². The van der Waals surface area contributed by atoms with E-state index in [0.29, 0.717) is 11.3 Å². The molecular formula is C23H26N4O6S. The van der Waals surface area contributed by atoms with Crippen LogP contribution in [0, 0.1) is 13.8 Å². The first-order valence-corrected chi connectivity index (χ1v) is 12.0. The van der Waals surface area contributed by atoms with Crippen LogP contribution in [0.3, 0.4) is 0 Å². The quantitative estimate of drug-likeness (QED) is 0.505. The van der Waals surface area contributed by atoms with Gasteiger partial charge in [-0.2, -0.15) is 0 Å². The number of para-hydroxylation sites is 1. The van der Waals surface area contributed by atoms with Crippen molar-refractivity contribution in [3.8, 4) is 0 Å². The highest BCUT2D eigenvalue weighted by Crippen LogP contribution is 2.23. The number of hydrogen-bond acceptors (Lipinski definition) is 7. The Morgan fingerprint density at radius 2 is 1.68 bits per heavy atom. The highest BCUT2D eigenvalue weighted by Gasteiger charge is 2.31. The molecule has 1 aliphatic rings. The molecule has 180 valence electrons. The summed E-state index contributed by atoms with van der Waals surface area (Å²) < 4.78 is 31.8. The average Bonchev–Trinajstić information content (AvgIpc) is 3.04. The number of sulfonamides is 1. The van der Waals surface area contributed by atoms with Gasteiger partial charge in [-0.05, 0) is 51.0 Å². The van der Waals surface area contributed by atoms with Crippen molar-refractivity contribution in [1.82, 2.24) is 10.0 Å². The molecule has 0 radical (unpaired) electrons. The van der Waals surface area contributed by atoms with Crippen molar-refractivity contribution in [2.24, 2.45) is 4.99 Å². The van der Waals surface area contributed by atoms with E-state index in [2.05, 4.69) is 20.3 Å². The highest BCUT2D eigenvalue weighted by atomic mass is 32.2. The van der Waals surface area contributed by atoms with E-state index in [1.54, 1.807) is 18.2 Å². The maximum absolute atomic E-state index is 12.4. The molecule has 0 aromatic heterocycles. The average molecular weight is 487 g/mol. The molecule has 0 bridgehead atoms. The molecule has 11 heteroatoms. The Bertz CT molecular complexity index is 1250. The number of ether oxygens (including phenoxy) is 1. The van der Waals surface area contributed by atoms with Gasteiger partial charge in [0.2, 0.25) is 5.91 Å². The van der Waals surface area contributed by atoms with Gasteiger partial charge in [0.05, 0.1) is 11.4 Å². The number of anilines is 1. The van der Waals surface area contributed by atoms with Gasteiger partial charge in [-0.15, -0.1) is 0 Å². The van der Waals surface area contributed by atoms with Gasteiger partial charge in [0.1, 0.15) is 11.9 Å². The standard InChI is InChI=1S/C23H26N4O6S/c1-13-8-7-9-14(2)20(13)26-19(28)12-24-22(29)16(4)33-23(30)15(3)25-21-17-10-5-6-11-18(17)34(31,32)27-21/h5-11,15-16H,12H2,1-4H3,(H,24,29)(H,25,27)(H,26,28). The molecule has 1 aliphatic heterocycles. The molecule has 0 saturated carbocycles. The molecule has 2 unspecified atom stereocenters. The summed E-state index contributed by atoms with van der Waals surface area (Å²) in [5.74, 6) is -1.87. The number of aliphatic imine (C=N–C) groups is 1. The number of nitrogens with one attached hydrogen (secondary N) is 3. The van der Waals surface area contributed by atoms with Crippen LogP contribution in [-0.2, 0) is 29.1 Å². The predicted octanol–water partition coefficient (Wildman–Crippen LogP) is 1.42. The van der Waals surface area contributed by atoms with Crippen LogP contribution >= 0.6 is 0 Å². The van der Waals surface area contributed by atoms with E-state index in [0.717, 1.165) is 11.1 Å². The van der Waals surface area contributed by atoms with Crippen LogP contribution in [0.2, 0.25) is 0 Å². The number of aryl methyl sites for hydroxylation is 2. The Morgan fingerprint density at radius 1 is 1.03 bits per heavy atom. The zero-order valence-electron chi connectivity index (χ0n) is 19.2. The van der Waals surface area contributed by atoms with Crippen molar-refractivity contribution in [1.29, 1.82) is 0 Å². The normalized spacial score (nSPS) is 16.6. The molecule has 3 rings (SSSR count). The molecule has 0 fully saturated rings. The van der Waals surface area contributed by atoms with E-state index in [1.165, 1.54) is 19.9 Å². The lowest BCUT2D eigenvalue weighted by Crippen LogP contribution is -2.41. The first kappa shape index (κ1) is 24.9. The lowest BCUT2D eigenvalue weighted by molar-refractivity contribution is -0.155. The largest absolute Gasteiger partial charge is 0.451 e. The van der Waals surface area contributed by atoms with E-state index in [-0.39, 0.29) is 17.3 Å². The Hall–Kier alpha value is -3.73. The van der Waals surface area contributed by atoms with Crippen molar-refractivity contribution in [2.75, 3.05) is 11.9 Å². The summed E-state index contributed by atoms with van der Waals surface area (Å²) in [4.78, 5) is 41.1. The summed E-state index contributed by atoms with van der Waals surface area (Å²) in [7, 11) is -3.74. The lowest BCUT2D eigenvalue weighted by Gasteiger charge is -2.16. The monoisotopic (exact) mass is 486 g/mol. The second-order valence-corrected chi connectivity index (χ2v) is 9.52. The number of nitrogens with zero attached hydrogens (tertiary/aromatic N) is 1. The van der Waals surface area contributed by atoms with Gasteiger partial charge in [-0.25, -0.2) is 13.2 Å². The second kappa shape index (κ2) is 10.0. The molecule has 2 amide bonds. The number of amidine groups is 1. The number of carbonyl (C=O) groups excluding carboxylic acids is 3. The molecular weight excluding hydrogens is 460 g/mol. The summed E-state index contributed by atoms with van der Waals surface area (Å²) in [6.07, 6.45) is -1.18. The van der Waals surface area contributed by atoms with Crippen LogP contribution in [0.5, 0.6) is 0 Å². The van der Waals surface area contributed by atoms with Gasteiger partial charge in [-0.1, -0.05) is 30.3 Å². The lowest BCUT2D eigenvalue weighted by atomic mass is 10.1. The molecule has 3 N–H and O–H groups in total. The van der Waals surface area contributed by atoms with Gasteiger partial charge in [0.25, 0.3) is 15.9 Å². The van der Waals surface area contributed by atoms with E-state index in [4.69, 9.17) is 4.74 Å². The van der Waals surface area contributed by atoms with Crippen molar-refractivity contribution in [2.45, 2.75) is 44.7 Å². The van der Waals surface area contributed by atoms with Crippen molar-refractivity contribution < 1.29 is 27.5 Å². The van der Waals surface area contributed by atoms with Crippen LogP contribution in [0.25, 0.3) is 0 Å². The van der Waals surface area contributed by atoms with Crippen LogP contribution in [0.1, 0.15) is 30.5 Å². The fraction of sp³-hybridized carbons (Fsp3) is 0.304. The maximum Gasteiger partial charge on any atom is 0.331 e. The third-order valence-corrected chi connectivity index (χ3v) is 6.55. The summed E-state index contributed by atoms with van der Waals surface area (Å²) >= 11 is 0. The fourth-order valence-electron chi connectivity index (χ4n) is 3.31. The molecule has 10 nitrogen and oxygen atoms in total. The zero-order valence-corrected chi connectivity index (χ0v) is 20.0. The molecule has 34 heavy (non-hydrogen) atoms. The summed E-state index contributed by atoms with van der Waals surface area (Å²) in [5.41, 5.74) is 2.82. The van der Waals surface area contributed by atoms with Gasteiger partial charge in [-0.3, -0.25) is 19.3 Å². The maximum atomic E-state index is 12.4. The number of carbonyl (C=O) groups is 3. The van der Waals surface area contributed by atoms with Crippen molar-refractivity contribution in [3.05, 3.63) is 59.2 Å². The summed E-state index contributed by atoms with van der Waals surface area (Å²) in [6.45, 7) is 6.22. The first-order chi connectivity index (χ1) is 16.0. The Kier molecular flexibility index (Phi) is 7.35. The summed E-state index contributed by atoms with van der Waals surface area (Å²) in [5, 5.41) is 5.18. The van der Waals surface area contributed by atoms with E-state index in [1.807, 2.05) is 32.0 Å². The number of benzene rings is 2. The Labute approximate surface area is 197 Å². The van der Waals surface area contributed by atoms with E-state index in [9.17, 15) is 22.8 Å². The van der Waals surface area contributed by atoms with Crippen molar-refractivity contribution >= 4 is 39.3 Å². The van der Waals surface area contributed by atoms with Crippen LogP contribution in [0.4, 0.5) is 5.69 Å². The fourth-order valence-corrected chi connectivity index (χ4v) is 4.55. The zero-order chi connectivity index (χ0) is 25.0. The predicted molar refractivity (Wildman–Crippen MR) is 126 cm³/mol. The molecule has 2 aromatic carbocycles. The molecule has 2 aromatic rings. The number of amides is 2.